The summed E-state index contributed by atoms with van der Waals surface area (Å²) in [5, 5.41) is 12.1. The van der Waals surface area contributed by atoms with Gasteiger partial charge in [-0.05, 0) is 30.7 Å². The Balaban J connectivity index is 1.77. The molecule has 0 aliphatic carbocycles. The Bertz CT molecular complexity index is 693. The highest BCUT2D eigenvalue weighted by molar-refractivity contribution is 5.91. The molecule has 23 heavy (non-hydrogen) atoms. The zero-order chi connectivity index (χ0) is 16.2. The molecule has 0 radical (unpaired) electrons. The molecule has 1 saturated heterocycles. The van der Waals surface area contributed by atoms with Gasteiger partial charge < -0.3 is 20.1 Å². The monoisotopic (exact) mass is 316 g/mol. The van der Waals surface area contributed by atoms with Gasteiger partial charge in [-0.3, -0.25) is 0 Å². The second kappa shape index (κ2) is 6.66. The zero-order valence-electron chi connectivity index (χ0n) is 12.4. The predicted molar refractivity (Wildman–Crippen MR) is 84.1 cm³/mol. The maximum absolute atomic E-state index is 13.5. The molecule has 0 unspecified atom stereocenters. The lowest BCUT2D eigenvalue weighted by Gasteiger charge is -2.18. The first kappa shape index (κ1) is 15.3. The summed E-state index contributed by atoms with van der Waals surface area (Å²) in [5.74, 6) is 0.471. The van der Waals surface area contributed by atoms with Crippen molar-refractivity contribution in [2.75, 3.05) is 18.4 Å². The minimum Gasteiger partial charge on any atom is -0.455 e. The summed E-state index contributed by atoms with van der Waals surface area (Å²) < 4.78 is 19.2. The van der Waals surface area contributed by atoms with Crippen LogP contribution in [0.5, 0.6) is 11.5 Å². The number of hydrogen-bond donors (Lipinski definition) is 2. The number of nitrogens with zero attached hydrogens (tertiary/aromatic N) is 1. The molecule has 1 aliphatic rings. The van der Waals surface area contributed by atoms with Crippen molar-refractivity contribution in [1.82, 2.24) is 4.90 Å². The van der Waals surface area contributed by atoms with Crippen LogP contribution in [0.3, 0.4) is 0 Å². The van der Waals surface area contributed by atoms with Crippen molar-refractivity contribution in [1.29, 1.82) is 0 Å². The van der Waals surface area contributed by atoms with Gasteiger partial charge in [0.25, 0.3) is 0 Å². The van der Waals surface area contributed by atoms with Crippen LogP contribution in [0.4, 0.5) is 14.9 Å². The molecule has 5 nitrogen and oxygen atoms in total. The van der Waals surface area contributed by atoms with E-state index in [-0.39, 0.29) is 18.3 Å². The Morgan fingerprint density at radius 1 is 1.26 bits per heavy atom. The highest BCUT2D eigenvalue weighted by atomic mass is 19.1. The van der Waals surface area contributed by atoms with Gasteiger partial charge in [0.05, 0.1) is 11.8 Å². The highest BCUT2D eigenvalue weighted by Crippen LogP contribution is 2.30. The minimum absolute atomic E-state index is 0.250. The molecule has 2 aromatic rings. The summed E-state index contributed by atoms with van der Waals surface area (Å²) >= 11 is 0. The van der Waals surface area contributed by atoms with E-state index in [1.807, 2.05) is 18.2 Å². The smallest absolute Gasteiger partial charge is 0.322 e. The lowest BCUT2D eigenvalue weighted by atomic mass is 10.2. The standard InChI is InChI=1S/C17H17FN2O3/c18-12-6-7-16(23-14-4-2-1-3-5-14)15(10-12)19-17(22)20-9-8-13(21)11-20/h1-7,10,13,21H,8-9,11H2,(H,19,22)/t13-/m1/s1. The lowest BCUT2D eigenvalue weighted by Crippen LogP contribution is -2.33. The van der Waals surface area contributed by atoms with Crippen LogP contribution in [-0.4, -0.2) is 35.2 Å². The van der Waals surface area contributed by atoms with Gasteiger partial charge in [-0.25, -0.2) is 9.18 Å². The van der Waals surface area contributed by atoms with Crippen molar-refractivity contribution in [2.45, 2.75) is 12.5 Å². The Hall–Kier alpha value is -2.60. The average molecular weight is 316 g/mol. The molecular weight excluding hydrogens is 299 g/mol. The number of β-amino-alcohol motifs (C(OH)–C–C–N with tert-alkyl or cyclic N) is 1. The van der Waals surface area contributed by atoms with Gasteiger partial charge in [0.15, 0.2) is 5.75 Å². The van der Waals surface area contributed by atoms with E-state index >= 15 is 0 Å². The van der Waals surface area contributed by atoms with Crippen LogP contribution >= 0.6 is 0 Å². The Labute approximate surface area is 133 Å². The van der Waals surface area contributed by atoms with Crippen molar-refractivity contribution in [2.24, 2.45) is 0 Å². The van der Waals surface area contributed by atoms with Crippen molar-refractivity contribution in [3.8, 4) is 11.5 Å². The number of likely N-dealkylation sites (tertiary alicyclic amines) is 1. The fraction of sp³-hybridized carbons (Fsp3) is 0.235. The molecule has 3 rings (SSSR count). The van der Waals surface area contributed by atoms with E-state index < -0.39 is 11.9 Å². The Kier molecular flexibility index (Phi) is 4.43. The molecule has 0 saturated carbocycles. The molecule has 1 aliphatic heterocycles. The number of rotatable bonds is 3. The third-order valence-corrected chi connectivity index (χ3v) is 3.60. The van der Waals surface area contributed by atoms with Crippen molar-refractivity contribution < 1.29 is 19.0 Å². The molecule has 2 N–H and O–H groups in total. The average Bonchev–Trinajstić information content (AvgIpc) is 2.98. The quantitative estimate of drug-likeness (QED) is 0.914. The lowest BCUT2D eigenvalue weighted by molar-refractivity contribution is 0.176. The van der Waals surface area contributed by atoms with Crippen molar-refractivity contribution in [3.63, 3.8) is 0 Å². The van der Waals surface area contributed by atoms with Crippen LogP contribution in [0.2, 0.25) is 0 Å². The van der Waals surface area contributed by atoms with E-state index in [4.69, 9.17) is 4.74 Å². The van der Waals surface area contributed by atoms with E-state index in [1.54, 1.807) is 12.1 Å². The van der Waals surface area contributed by atoms with Gasteiger partial charge in [-0.1, -0.05) is 18.2 Å². The number of anilines is 1. The molecule has 0 spiro atoms. The van der Waals surface area contributed by atoms with Gasteiger partial charge in [0, 0.05) is 19.2 Å². The number of urea groups is 1. The largest absolute Gasteiger partial charge is 0.455 e. The second-order valence-corrected chi connectivity index (χ2v) is 5.37. The zero-order valence-corrected chi connectivity index (χ0v) is 12.4. The summed E-state index contributed by atoms with van der Waals surface area (Å²) in [6.07, 6.45) is 0.0394. The number of benzene rings is 2. The molecular formula is C17H17FN2O3. The van der Waals surface area contributed by atoms with Crippen LogP contribution < -0.4 is 10.1 Å². The van der Waals surface area contributed by atoms with Crippen LogP contribution in [0.25, 0.3) is 0 Å². The van der Waals surface area contributed by atoms with Crippen LogP contribution in [0.1, 0.15) is 6.42 Å². The summed E-state index contributed by atoms with van der Waals surface area (Å²) in [7, 11) is 0. The first-order valence-corrected chi connectivity index (χ1v) is 7.38. The van der Waals surface area contributed by atoms with Gasteiger partial charge >= 0.3 is 6.03 Å². The van der Waals surface area contributed by atoms with E-state index in [2.05, 4.69) is 5.32 Å². The highest BCUT2D eigenvalue weighted by Gasteiger charge is 2.25. The topological polar surface area (TPSA) is 61.8 Å². The number of amides is 2. The molecule has 6 heteroatoms. The van der Waals surface area contributed by atoms with Crippen LogP contribution in [0, 0.1) is 5.82 Å². The number of para-hydroxylation sites is 1. The van der Waals surface area contributed by atoms with Gasteiger partial charge in [-0.15, -0.1) is 0 Å². The molecule has 0 bridgehead atoms. The molecule has 0 aromatic heterocycles. The Morgan fingerprint density at radius 3 is 2.74 bits per heavy atom. The van der Waals surface area contributed by atoms with Crippen LogP contribution in [-0.2, 0) is 0 Å². The molecule has 2 amide bonds. The summed E-state index contributed by atoms with van der Waals surface area (Å²) in [6, 6.07) is 12.6. The second-order valence-electron chi connectivity index (χ2n) is 5.37. The summed E-state index contributed by atoms with van der Waals surface area (Å²) in [4.78, 5) is 13.7. The molecule has 1 heterocycles. The first-order valence-electron chi connectivity index (χ1n) is 7.38. The SMILES string of the molecule is O=C(Nc1cc(F)ccc1Oc1ccccc1)N1CC[C@@H](O)C1. The molecule has 1 fully saturated rings. The molecule has 2 aromatic carbocycles. The van der Waals surface area contributed by atoms with Crippen LogP contribution in [0.15, 0.2) is 48.5 Å². The van der Waals surface area contributed by atoms with E-state index in [9.17, 15) is 14.3 Å². The van der Waals surface area contributed by atoms with E-state index in [0.29, 0.717) is 24.5 Å². The third kappa shape index (κ3) is 3.78. The normalized spacial score (nSPS) is 17.1. The summed E-state index contributed by atoms with van der Waals surface area (Å²) in [6.45, 7) is 0.743. The number of carbonyl (C=O) groups excluding carboxylic acids is 1. The van der Waals surface area contributed by atoms with Crippen molar-refractivity contribution in [3.05, 3.63) is 54.3 Å². The number of hydrogen-bond acceptors (Lipinski definition) is 3. The number of ether oxygens (including phenoxy) is 1. The third-order valence-electron chi connectivity index (χ3n) is 3.60. The Morgan fingerprint density at radius 2 is 2.04 bits per heavy atom. The van der Waals surface area contributed by atoms with E-state index in [0.717, 1.165) is 0 Å². The fourth-order valence-corrected chi connectivity index (χ4v) is 2.42. The number of halogens is 1. The van der Waals surface area contributed by atoms with Gasteiger partial charge in [0.2, 0.25) is 0 Å². The predicted octanol–water partition coefficient (Wildman–Crippen LogP) is 3.22. The number of aliphatic hydroxyl groups excluding tert-OH is 1. The van der Waals surface area contributed by atoms with E-state index in [1.165, 1.54) is 23.1 Å². The van der Waals surface area contributed by atoms with Crippen molar-refractivity contribution >= 4 is 11.7 Å². The minimum atomic E-state index is -0.506. The van der Waals surface area contributed by atoms with Gasteiger partial charge in [0.1, 0.15) is 11.6 Å². The first-order chi connectivity index (χ1) is 11.1. The maximum atomic E-state index is 13.5. The number of carbonyl (C=O) groups is 1. The maximum Gasteiger partial charge on any atom is 0.322 e. The summed E-state index contributed by atoms with van der Waals surface area (Å²) in [5.41, 5.74) is 0.250. The fourth-order valence-electron chi connectivity index (χ4n) is 2.42. The number of aliphatic hydroxyl groups is 1. The number of nitrogens with one attached hydrogen (secondary N) is 1. The molecule has 120 valence electrons. The van der Waals surface area contributed by atoms with Gasteiger partial charge in [-0.2, -0.15) is 0 Å². The molecule has 1 atom stereocenters.